The Labute approximate surface area is 259 Å². The maximum atomic E-state index is 13.3. The Bertz CT molecular complexity index is 1210. The first-order chi connectivity index (χ1) is 21.3. The fourth-order valence-electron chi connectivity index (χ4n) is 4.87. The number of carbonyl (C=O) groups excluding carboxylic acids is 4. The van der Waals surface area contributed by atoms with E-state index < -0.39 is 24.1 Å². The van der Waals surface area contributed by atoms with Crippen LogP contribution in [0, 0.1) is 11.8 Å². The molecular weight excluding hydrogens is 562 g/mol. The summed E-state index contributed by atoms with van der Waals surface area (Å²) in [5, 5.41) is 17.7. The molecule has 3 rings (SSSR count). The number of alkyl carbamates (subject to hydrolysis) is 1. The molecule has 44 heavy (non-hydrogen) atoms. The van der Waals surface area contributed by atoms with Gasteiger partial charge in [-0.05, 0) is 56.6 Å². The number of nitrogens with one attached hydrogen (secondary N) is 3. The second-order valence-electron chi connectivity index (χ2n) is 11.2. The number of aliphatic hydroxyl groups is 1. The summed E-state index contributed by atoms with van der Waals surface area (Å²) >= 11 is 0. The largest absolute Gasteiger partial charge is 0.463 e. The molecule has 0 spiro atoms. The number of esters is 1. The molecule has 10 heteroatoms. The second kappa shape index (κ2) is 19.2. The van der Waals surface area contributed by atoms with E-state index in [1.807, 2.05) is 72.8 Å². The van der Waals surface area contributed by atoms with Gasteiger partial charge < -0.3 is 30.5 Å². The van der Waals surface area contributed by atoms with Crippen molar-refractivity contribution >= 4 is 23.9 Å². The van der Waals surface area contributed by atoms with Gasteiger partial charge in [0.2, 0.25) is 11.8 Å². The second-order valence-corrected chi connectivity index (χ2v) is 11.2. The molecule has 3 amide bonds. The SMILES string of the molecule is C[C@H](CO)NC(=O)C[C@H]1CC=CC[C@H](Cc2ccccc2)C(=O)OC[C@H](CCCCNC(=O)OCc2ccccc2)NC1=O. The minimum absolute atomic E-state index is 0.00653. The van der Waals surface area contributed by atoms with Gasteiger partial charge in [0.1, 0.15) is 13.2 Å². The number of amides is 3. The lowest BCUT2D eigenvalue weighted by molar-refractivity contribution is -0.150. The number of unbranched alkanes of at least 4 members (excludes halogenated alkanes) is 1. The molecule has 238 valence electrons. The van der Waals surface area contributed by atoms with Gasteiger partial charge >= 0.3 is 12.1 Å². The zero-order chi connectivity index (χ0) is 31.6. The number of aliphatic hydroxyl groups excluding tert-OH is 1. The smallest absolute Gasteiger partial charge is 0.407 e. The maximum absolute atomic E-state index is 13.3. The fraction of sp³-hybridized carbons (Fsp3) is 0.471. The van der Waals surface area contributed by atoms with Gasteiger partial charge in [-0.15, -0.1) is 0 Å². The number of cyclic esters (lactones) is 1. The van der Waals surface area contributed by atoms with Gasteiger partial charge in [-0.2, -0.15) is 0 Å². The Morgan fingerprint density at radius 2 is 1.64 bits per heavy atom. The van der Waals surface area contributed by atoms with Gasteiger partial charge in [0.05, 0.1) is 24.5 Å². The normalized spacial score (nSPS) is 19.8. The molecule has 0 fully saturated rings. The van der Waals surface area contributed by atoms with Crippen molar-refractivity contribution in [1.82, 2.24) is 16.0 Å². The third kappa shape index (κ3) is 13.0. The van der Waals surface area contributed by atoms with E-state index in [0.717, 1.165) is 11.1 Å². The van der Waals surface area contributed by atoms with Gasteiger partial charge in [0.15, 0.2) is 0 Å². The molecular formula is C34H45N3O7. The van der Waals surface area contributed by atoms with Crippen LogP contribution in [0.1, 0.15) is 56.6 Å². The summed E-state index contributed by atoms with van der Waals surface area (Å²) in [7, 11) is 0. The first-order valence-corrected chi connectivity index (χ1v) is 15.3. The molecule has 1 aliphatic rings. The first-order valence-electron chi connectivity index (χ1n) is 15.3. The average molecular weight is 608 g/mol. The van der Waals surface area contributed by atoms with Gasteiger partial charge in [0.25, 0.3) is 0 Å². The first kappa shape index (κ1) is 34.3. The third-order valence-corrected chi connectivity index (χ3v) is 7.38. The molecule has 10 nitrogen and oxygen atoms in total. The van der Waals surface area contributed by atoms with Crippen LogP contribution in [0.5, 0.6) is 0 Å². The summed E-state index contributed by atoms with van der Waals surface area (Å²) < 4.78 is 11.0. The van der Waals surface area contributed by atoms with Crippen molar-refractivity contribution in [3.05, 3.63) is 83.9 Å². The predicted molar refractivity (Wildman–Crippen MR) is 166 cm³/mol. The number of ether oxygens (including phenoxy) is 2. The summed E-state index contributed by atoms with van der Waals surface area (Å²) in [6.45, 7) is 2.08. The maximum Gasteiger partial charge on any atom is 0.407 e. The summed E-state index contributed by atoms with van der Waals surface area (Å²) in [5.41, 5.74) is 1.93. The summed E-state index contributed by atoms with van der Waals surface area (Å²) in [4.78, 5) is 51.0. The monoisotopic (exact) mass is 607 g/mol. The lowest BCUT2D eigenvalue weighted by Crippen LogP contribution is -2.44. The van der Waals surface area contributed by atoms with Crippen LogP contribution in [0.25, 0.3) is 0 Å². The highest BCUT2D eigenvalue weighted by atomic mass is 16.5. The quantitative estimate of drug-likeness (QED) is 0.154. The third-order valence-electron chi connectivity index (χ3n) is 7.38. The lowest BCUT2D eigenvalue weighted by Gasteiger charge is -2.24. The van der Waals surface area contributed by atoms with Crippen molar-refractivity contribution in [1.29, 1.82) is 0 Å². The zero-order valence-electron chi connectivity index (χ0n) is 25.4. The number of benzene rings is 2. The Morgan fingerprint density at radius 1 is 0.977 bits per heavy atom. The molecule has 2 aromatic rings. The molecule has 1 aliphatic heterocycles. The molecule has 0 aliphatic carbocycles. The highest BCUT2D eigenvalue weighted by molar-refractivity contribution is 5.86. The molecule has 0 saturated carbocycles. The number of hydrogen-bond acceptors (Lipinski definition) is 7. The van der Waals surface area contributed by atoms with Crippen molar-refractivity contribution in [2.45, 2.75) is 70.6 Å². The molecule has 0 radical (unpaired) electrons. The topological polar surface area (TPSA) is 143 Å². The van der Waals surface area contributed by atoms with Crippen molar-refractivity contribution in [3.8, 4) is 0 Å². The van der Waals surface area contributed by atoms with E-state index in [2.05, 4.69) is 16.0 Å². The van der Waals surface area contributed by atoms with Gasteiger partial charge in [-0.1, -0.05) is 72.8 Å². The summed E-state index contributed by atoms with van der Waals surface area (Å²) in [5.74, 6) is -1.95. The highest BCUT2D eigenvalue weighted by Crippen LogP contribution is 2.19. The fourth-order valence-corrected chi connectivity index (χ4v) is 4.87. The van der Waals surface area contributed by atoms with E-state index in [9.17, 15) is 24.3 Å². The molecule has 1 heterocycles. The Morgan fingerprint density at radius 3 is 2.32 bits per heavy atom. The molecule has 2 aromatic carbocycles. The van der Waals surface area contributed by atoms with Crippen molar-refractivity contribution < 1.29 is 33.8 Å². The minimum Gasteiger partial charge on any atom is -0.463 e. The van der Waals surface area contributed by atoms with Crippen LogP contribution in [0.2, 0.25) is 0 Å². The molecule has 0 bridgehead atoms. The Kier molecular flexibility index (Phi) is 14.9. The molecule has 0 aromatic heterocycles. The lowest BCUT2D eigenvalue weighted by atomic mass is 9.94. The molecule has 4 atom stereocenters. The zero-order valence-corrected chi connectivity index (χ0v) is 25.4. The van der Waals surface area contributed by atoms with Crippen LogP contribution in [0.4, 0.5) is 4.79 Å². The van der Waals surface area contributed by atoms with Crippen molar-refractivity contribution in [3.63, 3.8) is 0 Å². The minimum atomic E-state index is -0.622. The van der Waals surface area contributed by atoms with Crippen molar-refractivity contribution in [2.24, 2.45) is 11.8 Å². The van der Waals surface area contributed by atoms with Gasteiger partial charge in [-0.3, -0.25) is 14.4 Å². The molecule has 0 unspecified atom stereocenters. The van der Waals surface area contributed by atoms with E-state index in [4.69, 9.17) is 9.47 Å². The number of rotatable bonds is 13. The molecule has 0 saturated heterocycles. The number of hydrogen-bond donors (Lipinski definition) is 4. The van der Waals surface area contributed by atoms with Crippen LogP contribution >= 0.6 is 0 Å². The summed E-state index contributed by atoms with van der Waals surface area (Å²) in [6.07, 6.45) is 6.29. The van der Waals surface area contributed by atoms with E-state index in [0.29, 0.717) is 45.1 Å². The molecule has 4 N–H and O–H groups in total. The van der Waals surface area contributed by atoms with Crippen LogP contribution in [-0.2, 0) is 36.9 Å². The van der Waals surface area contributed by atoms with Gasteiger partial charge in [0, 0.05) is 19.0 Å². The standard InChI is InChI=1S/C34H45N3O7/c1-25(22-38)36-31(39)21-28-16-8-9-17-29(20-26-12-4-2-5-13-26)33(41)43-24-30(37-32(28)40)18-10-11-19-35-34(42)44-23-27-14-6-3-7-15-27/h2-9,12-15,25,28-30,38H,10-11,16-24H2,1H3,(H,35,42)(H,36,39)(H,37,40)/t25-,28-,29-,30+/m1/s1. The Balaban J connectivity index is 1.58. The van der Waals surface area contributed by atoms with E-state index >= 15 is 0 Å². The van der Waals surface area contributed by atoms with Crippen LogP contribution in [0.3, 0.4) is 0 Å². The number of allylic oxidation sites excluding steroid dienone is 2. The summed E-state index contributed by atoms with van der Waals surface area (Å²) in [6, 6.07) is 18.3. The van der Waals surface area contributed by atoms with Crippen LogP contribution in [-0.4, -0.2) is 60.8 Å². The Hall–Kier alpha value is -4.18. The highest BCUT2D eigenvalue weighted by Gasteiger charge is 2.27. The van der Waals surface area contributed by atoms with Crippen LogP contribution < -0.4 is 16.0 Å². The van der Waals surface area contributed by atoms with E-state index in [-0.39, 0.29) is 49.9 Å². The van der Waals surface area contributed by atoms with E-state index in [1.54, 1.807) is 6.92 Å². The van der Waals surface area contributed by atoms with E-state index in [1.165, 1.54) is 0 Å². The van der Waals surface area contributed by atoms with Crippen LogP contribution in [0.15, 0.2) is 72.8 Å². The average Bonchev–Trinajstić information content (AvgIpc) is 3.03. The van der Waals surface area contributed by atoms with Gasteiger partial charge in [-0.25, -0.2) is 4.79 Å². The van der Waals surface area contributed by atoms with Crippen molar-refractivity contribution in [2.75, 3.05) is 19.8 Å². The predicted octanol–water partition coefficient (Wildman–Crippen LogP) is 3.82. The number of carbonyl (C=O) groups is 4.